The quantitative estimate of drug-likeness (QED) is 0.406. The molecular formula is C29H33O3+. The van der Waals surface area contributed by atoms with Gasteiger partial charge in [0.15, 0.2) is 12.7 Å². The Morgan fingerprint density at radius 2 is 1.44 bits per heavy atom. The molecule has 3 aromatic carbocycles. The van der Waals surface area contributed by atoms with Gasteiger partial charge in [0, 0.05) is 12.8 Å². The fraction of sp³-hybridized carbons (Fsp3) is 0.379. The van der Waals surface area contributed by atoms with Gasteiger partial charge in [-0.3, -0.25) is 0 Å². The minimum Gasteiger partial charge on any atom is -0.489 e. The van der Waals surface area contributed by atoms with Crippen molar-refractivity contribution >= 4 is 0 Å². The first-order chi connectivity index (χ1) is 15.8. The highest BCUT2D eigenvalue weighted by Crippen LogP contribution is 2.43. The lowest BCUT2D eigenvalue weighted by atomic mass is 9.76. The van der Waals surface area contributed by atoms with E-state index in [1.807, 2.05) is 30.3 Å². The normalized spacial score (nSPS) is 22.4. The van der Waals surface area contributed by atoms with E-state index in [4.69, 9.17) is 14.2 Å². The fourth-order valence-electron chi connectivity index (χ4n) is 5.12. The van der Waals surface area contributed by atoms with E-state index in [-0.39, 0.29) is 0 Å². The number of hydrogen-bond donors (Lipinski definition) is 0. The van der Waals surface area contributed by atoms with Crippen molar-refractivity contribution in [3.8, 4) is 5.75 Å². The Morgan fingerprint density at radius 3 is 2.22 bits per heavy atom. The zero-order chi connectivity index (χ0) is 21.6. The van der Waals surface area contributed by atoms with Gasteiger partial charge < -0.3 is 14.2 Å². The Hall–Kier alpha value is -2.62. The van der Waals surface area contributed by atoms with Crippen LogP contribution in [0.1, 0.15) is 54.4 Å². The van der Waals surface area contributed by atoms with Crippen LogP contribution < -0.4 is 4.74 Å². The minimum atomic E-state index is 0.291. The molecule has 1 saturated carbocycles. The number of fused-ring (bicyclic) bond motifs is 2. The maximum absolute atomic E-state index is 6.03. The van der Waals surface area contributed by atoms with Crippen LogP contribution in [0.4, 0.5) is 0 Å². The lowest BCUT2D eigenvalue weighted by molar-refractivity contribution is -0.0731. The molecule has 1 N–H and O–H groups in total. The van der Waals surface area contributed by atoms with Gasteiger partial charge in [0.05, 0.1) is 18.6 Å². The lowest BCUT2D eigenvalue weighted by Crippen LogP contribution is -2.26. The van der Waals surface area contributed by atoms with E-state index < -0.39 is 0 Å². The van der Waals surface area contributed by atoms with Crippen LogP contribution in [-0.2, 0) is 30.0 Å². The van der Waals surface area contributed by atoms with Crippen LogP contribution in [0.3, 0.4) is 0 Å². The molecule has 0 amide bonds. The van der Waals surface area contributed by atoms with Crippen LogP contribution in [0, 0.1) is 0 Å². The molecule has 1 unspecified atom stereocenters. The van der Waals surface area contributed by atoms with Crippen molar-refractivity contribution in [3.05, 3.63) is 101 Å². The fourth-order valence-corrected chi connectivity index (χ4v) is 5.12. The third kappa shape index (κ3) is 5.06. The van der Waals surface area contributed by atoms with E-state index in [2.05, 4.69) is 48.5 Å². The van der Waals surface area contributed by atoms with Crippen molar-refractivity contribution in [1.82, 2.24) is 0 Å². The molecule has 2 bridgehead atoms. The van der Waals surface area contributed by atoms with Gasteiger partial charge in [-0.2, -0.15) is 0 Å². The molecular weight excluding hydrogens is 396 g/mol. The lowest BCUT2D eigenvalue weighted by Gasteiger charge is -2.24. The molecule has 166 valence electrons. The summed E-state index contributed by atoms with van der Waals surface area (Å²) in [5.41, 5.74) is 5.31. The molecule has 3 aromatic rings. The molecule has 2 aliphatic rings. The van der Waals surface area contributed by atoms with Crippen molar-refractivity contribution < 1.29 is 14.2 Å². The summed E-state index contributed by atoms with van der Waals surface area (Å²) >= 11 is 0. The highest BCUT2D eigenvalue weighted by Gasteiger charge is 2.46. The van der Waals surface area contributed by atoms with Gasteiger partial charge in [0.1, 0.15) is 12.4 Å². The topological polar surface area (TPSA) is 31.3 Å². The molecule has 3 nitrogen and oxygen atoms in total. The van der Waals surface area contributed by atoms with Crippen molar-refractivity contribution in [2.24, 2.45) is 0 Å². The van der Waals surface area contributed by atoms with Crippen LogP contribution in [0.2, 0.25) is 0 Å². The zero-order valence-electron chi connectivity index (χ0n) is 18.7. The van der Waals surface area contributed by atoms with Gasteiger partial charge in [0.2, 0.25) is 0 Å². The van der Waals surface area contributed by atoms with Crippen LogP contribution in [0.15, 0.2) is 78.9 Å². The van der Waals surface area contributed by atoms with Gasteiger partial charge in [0.25, 0.3) is 0 Å². The molecule has 1 aliphatic carbocycles. The van der Waals surface area contributed by atoms with E-state index in [0.29, 0.717) is 31.3 Å². The second kappa shape index (κ2) is 9.89. The van der Waals surface area contributed by atoms with Crippen LogP contribution >= 0.6 is 0 Å². The summed E-state index contributed by atoms with van der Waals surface area (Å²) in [7, 11) is 0. The number of ether oxygens (including phenoxy) is 3. The second-order valence-corrected chi connectivity index (χ2v) is 9.33. The van der Waals surface area contributed by atoms with Crippen molar-refractivity contribution in [2.45, 2.75) is 63.4 Å². The van der Waals surface area contributed by atoms with E-state index in [9.17, 15) is 0 Å². The summed E-state index contributed by atoms with van der Waals surface area (Å²) in [5, 5.41) is 0. The first-order valence-corrected chi connectivity index (χ1v) is 11.9. The third-order valence-electron chi connectivity index (χ3n) is 7.00. The molecule has 32 heavy (non-hydrogen) atoms. The van der Waals surface area contributed by atoms with Gasteiger partial charge in [-0.05, 0) is 47.2 Å². The van der Waals surface area contributed by atoms with E-state index in [1.54, 1.807) is 0 Å². The predicted molar refractivity (Wildman–Crippen MR) is 128 cm³/mol. The Labute approximate surface area is 191 Å². The Balaban J connectivity index is 1.11. The molecule has 1 heterocycles. The Bertz CT molecular complexity index is 981. The monoisotopic (exact) mass is 429 g/mol. The Morgan fingerprint density at radius 1 is 0.750 bits per heavy atom. The highest BCUT2D eigenvalue weighted by atomic mass is 16.5. The molecule has 5 rings (SSSR count). The first-order valence-electron chi connectivity index (χ1n) is 11.9. The smallest absolute Gasteiger partial charge is 0.155 e. The summed E-state index contributed by atoms with van der Waals surface area (Å²) in [4.78, 5) is 0. The minimum absolute atomic E-state index is 0.291. The van der Waals surface area contributed by atoms with Gasteiger partial charge in [-0.1, -0.05) is 73.2 Å². The first kappa shape index (κ1) is 21.2. The van der Waals surface area contributed by atoms with E-state index in [0.717, 1.165) is 17.9 Å². The summed E-state index contributed by atoms with van der Waals surface area (Å²) in [6.45, 7) is 2.83. The molecule has 1 aliphatic heterocycles. The van der Waals surface area contributed by atoms with E-state index in [1.165, 1.54) is 48.8 Å². The summed E-state index contributed by atoms with van der Waals surface area (Å²) in [5.74, 6) is 0.890. The highest BCUT2D eigenvalue weighted by molar-refractivity contribution is 5.32. The maximum atomic E-state index is 6.03. The summed E-state index contributed by atoms with van der Waals surface area (Å²) in [6.07, 6.45) is 7.07. The Kier molecular flexibility index (Phi) is 6.56. The number of aliphatic hydroxyl groups is 2. The van der Waals surface area contributed by atoms with Crippen molar-refractivity contribution in [3.63, 3.8) is 0 Å². The number of benzene rings is 3. The number of hydrogen-bond acceptors (Lipinski definition) is 2. The zero-order valence-corrected chi connectivity index (χ0v) is 18.7. The average molecular weight is 430 g/mol. The third-order valence-corrected chi connectivity index (χ3v) is 7.00. The van der Waals surface area contributed by atoms with Crippen molar-refractivity contribution in [1.29, 1.82) is 0 Å². The summed E-state index contributed by atoms with van der Waals surface area (Å²) in [6, 6.07) is 27.6. The largest absolute Gasteiger partial charge is 0.489 e. The summed E-state index contributed by atoms with van der Waals surface area (Å²) < 4.78 is 16.8. The number of rotatable bonds is 8. The molecule has 1 saturated heterocycles. The van der Waals surface area contributed by atoms with Gasteiger partial charge >= 0.3 is 0 Å². The maximum Gasteiger partial charge on any atom is 0.155 e. The molecule has 2 fully saturated rings. The average Bonchev–Trinajstić information content (AvgIpc) is 3.13. The molecule has 0 radical (unpaired) electrons. The molecule has 0 aromatic heterocycles. The van der Waals surface area contributed by atoms with Crippen LogP contribution in [-0.4, -0.2) is 17.4 Å². The van der Waals surface area contributed by atoms with Gasteiger partial charge in [-0.25, -0.2) is 0 Å². The predicted octanol–water partition coefficient (Wildman–Crippen LogP) is 6.09. The molecule has 2 atom stereocenters. The van der Waals surface area contributed by atoms with Crippen molar-refractivity contribution in [2.75, 3.05) is 6.61 Å². The van der Waals surface area contributed by atoms with Crippen LogP contribution in [0.25, 0.3) is 0 Å². The van der Waals surface area contributed by atoms with Crippen LogP contribution in [0.5, 0.6) is 5.75 Å². The molecule has 3 heteroatoms. The second-order valence-electron chi connectivity index (χ2n) is 9.33. The molecule has 0 spiro atoms. The van der Waals surface area contributed by atoms with E-state index >= 15 is 0 Å². The SMILES string of the molecule is c1ccc(COCc2ccc(OCc3ccc(C45CCCC[C@@H](C4)[OH+]C5)cc3)cc2)cc1. The standard InChI is InChI=1S/C29H32O3/c1-2-6-23(7-3-1)19-30-20-24-11-15-27(16-12-24)31-21-25-9-13-26(14-10-25)29-17-5-4-8-28(18-29)32-22-29/h1-3,6-7,9-16,28H,4-5,8,17-22H2/p+1/t28-,29?/m0/s1. The van der Waals surface area contributed by atoms with Gasteiger partial charge in [-0.15, -0.1) is 0 Å².